The Balaban J connectivity index is 1.58. The number of halogens is 1. The predicted octanol–water partition coefficient (Wildman–Crippen LogP) is 5.08. The molecule has 1 amide bonds. The van der Waals surface area contributed by atoms with Gasteiger partial charge in [0.2, 0.25) is 5.91 Å². The molecule has 32 heavy (non-hydrogen) atoms. The Morgan fingerprint density at radius 1 is 0.938 bits per heavy atom. The first kappa shape index (κ1) is 24.4. The van der Waals surface area contributed by atoms with Crippen LogP contribution in [0.5, 0.6) is 0 Å². The highest BCUT2D eigenvalue weighted by atomic mass is 79.9. The normalized spacial score (nSPS) is 11.2. The first-order chi connectivity index (χ1) is 15.5. The lowest BCUT2D eigenvalue weighted by Crippen LogP contribution is -2.41. The van der Waals surface area contributed by atoms with Crippen molar-refractivity contribution in [3.05, 3.63) is 95.0 Å². The van der Waals surface area contributed by atoms with Gasteiger partial charge < -0.3 is 5.32 Å². The van der Waals surface area contributed by atoms with E-state index in [0.717, 1.165) is 26.7 Å². The summed E-state index contributed by atoms with van der Waals surface area (Å²) in [7, 11) is -3.89. The second kappa shape index (κ2) is 12.1. The average Bonchev–Trinajstić information content (AvgIpc) is 2.81. The highest BCUT2D eigenvalue weighted by molar-refractivity contribution is 9.10. The van der Waals surface area contributed by atoms with Gasteiger partial charge >= 0.3 is 0 Å². The third kappa shape index (κ3) is 7.12. The molecule has 0 bridgehead atoms. The Morgan fingerprint density at radius 3 is 2.31 bits per heavy atom. The number of hydrogen-bond acceptors (Lipinski definition) is 4. The summed E-state index contributed by atoms with van der Waals surface area (Å²) in [6.07, 6.45) is 0.811. The lowest BCUT2D eigenvalue weighted by Gasteiger charge is -2.24. The van der Waals surface area contributed by atoms with Crippen LogP contribution >= 0.6 is 27.7 Å². The van der Waals surface area contributed by atoms with Crippen LogP contribution in [-0.4, -0.2) is 33.2 Å². The third-order valence-electron chi connectivity index (χ3n) is 4.61. The van der Waals surface area contributed by atoms with Crippen molar-refractivity contribution < 1.29 is 13.2 Å². The molecule has 5 nitrogen and oxygen atoms in total. The SMILES string of the molecule is O=C(CN(c1cccc(Br)c1)S(=O)(=O)c1ccccc1)NCCCSCc1ccccc1. The lowest BCUT2D eigenvalue weighted by atomic mass is 10.2. The molecule has 0 atom stereocenters. The van der Waals surface area contributed by atoms with Crippen molar-refractivity contribution in [2.45, 2.75) is 17.1 Å². The maximum absolute atomic E-state index is 13.3. The summed E-state index contributed by atoms with van der Waals surface area (Å²) >= 11 is 5.19. The van der Waals surface area contributed by atoms with E-state index in [1.807, 2.05) is 36.0 Å². The second-order valence-corrected chi connectivity index (χ2v) is 10.9. The summed E-state index contributed by atoms with van der Waals surface area (Å²) in [4.78, 5) is 12.8. The van der Waals surface area contributed by atoms with Gasteiger partial charge in [-0.3, -0.25) is 9.10 Å². The minimum absolute atomic E-state index is 0.144. The molecule has 3 aromatic carbocycles. The maximum atomic E-state index is 13.3. The van der Waals surface area contributed by atoms with Gasteiger partial charge in [0, 0.05) is 16.8 Å². The van der Waals surface area contributed by atoms with Crippen molar-refractivity contribution in [3.8, 4) is 0 Å². The summed E-state index contributed by atoms with van der Waals surface area (Å²) < 4.78 is 28.4. The van der Waals surface area contributed by atoms with Crippen LogP contribution in [0.25, 0.3) is 0 Å². The van der Waals surface area contributed by atoms with Crippen molar-refractivity contribution in [2.24, 2.45) is 0 Å². The minimum atomic E-state index is -3.89. The highest BCUT2D eigenvalue weighted by Crippen LogP contribution is 2.26. The van der Waals surface area contributed by atoms with E-state index < -0.39 is 10.0 Å². The Bertz CT molecular complexity index is 1110. The van der Waals surface area contributed by atoms with Crippen LogP contribution in [0.3, 0.4) is 0 Å². The number of nitrogens with zero attached hydrogens (tertiary/aromatic N) is 1. The summed E-state index contributed by atoms with van der Waals surface area (Å²) in [5, 5.41) is 2.85. The number of thioether (sulfide) groups is 1. The van der Waals surface area contributed by atoms with E-state index in [9.17, 15) is 13.2 Å². The first-order valence-electron chi connectivity index (χ1n) is 10.2. The van der Waals surface area contributed by atoms with Crippen molar-refractivity contribution in [1.29, 1.82) is 0 Å². The molecule has 8 heteroatoms. The van der Waals surface area contributed by atoms with E-state index in [1.165, 1.54) is 17.7 Å². The maximum Gasteiger partial charge on any atom is 0.264 e. The molecule has 0 saturated carbocycles. The summed E-state index contributed by atoms with van der Waals surface area (Å²) in [5.74, 6) is 1.51. The third-order valence-corrected chi connectivity index (χ3v) is 8.01. The van der Waals surface area contributed by atoms with Gasteiger partial charge in [-0.1, -0.05) is 70.5 Å². The molecule has 0 heterocycles. The van der Waals surface area contributed by atoms with E-state index >= 15 is 0 Å². The fraction of sp³-hybridized carbons (Fsp3) is 0.208. The molecule has 3 aromatic rings. The summed E-state index contributed by atoms with van der Waals surface area (Å²) in [5.41, 5.74) is 1.70. The molecule has 0 radical (unpaired) electrons. The van der Waals surface area contributed by atoms with Crippen molar-refractivity contribution in [2.75, 3.05) is 23.1 Å². The van der Waals surface area contributed by atoms with E-state index in [2.05, 4.69) is 33.4 Å². The van der Waals surface area contributed by atoms with Crippen molar-refractivity contribution in [1.82, 2.24) is 5.32 Å². The monoisotopic (exact) mass is 532 g/mol. The van der Waals surface area contributed by atoms with Gasteiger partial charge in [-0.05, 0) is 48.1 Å². The average molecular weight is 534 g/mol. The first-order valence-corrected chi connectivity index (χ1v) is 13.6. The largest absolute Gasteiger partial charge is 0.354 e. The van der Waals surface area contributed by atoms with Gasteiger partial charge in [0.15, 0.2) is 0 Å². The van der Waals surface area contributed by atoms with Crippen LogP contribution in [0.15, 0.2) is 94.3 Å². The lowest BCUT2D eigenvalue weighted by molar-refractivity contribution is -0.119. The number of nitrogens with one attached hydrogen (secondary N) is 1. The number of carbonyl (C=O) groups excluding carboxylic acids is 1. The molecule has 168 valence electrons. The highest BCUT2D eigenvalue weighted by Gasteiger charge is 2.27. The smallest absolute Gasteiger partial charge is 0.264 e. The fourth-order valence-corrected chi connectivity index (χ4v) is 5.76. The van der Waals surface area contributed by atoms with E-state index in [4.69, 9.17) is 0 Å². The van der Waals surface area contributed by atoms with Gasteiger partial charge in [-0.15, -0.1) is 0 Å². The topological polar surface area (TPSA) is 66.5 Å². The molecule has 0 spiro atoms. The van der Waals surface area contributed by atoms with Crippen molar-refractivity contribution in [3.63, 3.8) is 0 Å². The number of hydrogen-bond donors (Lipinski definition) is 1. The zero-order chi connectivity index (χ0) is 22.8. The molecule has 0 saturated heterocycles. The standard InChI is InChI=1S/C24H25BrN2O3S2/c25-21-11-7-12-22(17-21)27(32(29,30)23-13-5-2-6-14-23)18-24(28)26-15-8-16-31-19-20-9-3-1-4-10-20/h1-7,9-14,17H,8,15-16,18-19H2,(H,26,28). The molecular weight excluding hydrogens is 508 g/mol. The molecule has 0 fully saturated rings. The molecule has 0 aliphatic rings. The van der Waals surface area contributed by atoms with Crippen LogP contribution in [0.4, 0.5) is 5.69 Å². The molecule has 0 aliphatic heterocycles. The predicted molar refractivity (Wildman–Crippen MR) is 135 cm³/mol. The number of rotatable bonds is 11. The molecule has 0 aliphatic carbocycles. The fourth-order valence-electron chi connectivity index (χ4n) is 3.02. The van der Waals surface area contributed by atoms with E-state index in [1.54, 1.807) is 36.4 Å². The van der Waals surface area contributed by atoms with Crippen LogP contribution in [0.1, 0.15) is 12.0 Å². The number of anilines is 1. The zero-order valence-corrected chi connectivity index (χ0v) is 20.7. The Labute approximate surface area is 202 Å². The van der Waals surface area contributed by atoms with Crippen LogP contribution < -0.4 is 9.62 Å². The summed E-state index contributed by atoms with van der Waals surface area (Å²) in [6.45, 7) is 0.211. The number of amides is 1. The van der Waals surface area contributed by atoms with Gasteiger partial charge in [0.25, 0.3) is 10.0 Å². The quantitative estimate of drug-likeness (QED) is 0.349. The molecule has 0 unspecified atom stereocenters. The summed E-state index contributed by atoms with van der Waals surface area (Å²) in [6, 6.07) is 25.3. The number of carbonyl (C=O) groups is 1. The minimum Gasteiger partial charge on any atom is -0.354 e. The Kier molecular flexibility index (Phi) is 9.20. The van der Waals surface area contributed by atoms with E-state index in [0.29, 0.717) is 12.2 Å². The van der Waals surface area contributed by atoms with Gasteiger partial charge in [0.05, 0.1) is 10.6 Å². The second-order valence-electron chi connectivity index (χ2n) is 7.05. The van der Waals surface area contributed by atoms with Crippen LogP contribution in [0, 0.1) is 0 Å². The molecule has 1 N–H and O–H groups in total. The van der Waals surface area contributed by atoms with Crippen molar-refractivity contribution >= 4 is 49.3 Å². The Morgan fingerprint density at radius 2 is 1.62 bits per heavy atom. The molecule has 0 aromatic heterocycles. The number of sulfonamides is 1. The van der Waals surface area contributed by atoms with Crippen LogP contribution in [-0.2, 0) is 20.6 Å². The van der Waals surface area contributed by atoms with E-state index in [-0.39, 0.29) is 17.3 Å². The van der Waals surface area contributed by atoms with Gasteiger partial charge in [0.1, 0.15) is 6.54 Å². The van der Waals surface area contributed by atoms with Gasteiger partial charge in [-0.2, -0.15) is 11.8 Å². The molecular formula is C24H25BrN2O3S2. The zero-order valence-electron chi connectivity index (χ0n) is 17.5. The van der Waals surface area contributed by atoms with Gasteiger partial charge in [-0.25, -0.2) is 8.42 Å². The molecule has 3 rings (SSSR count). The van der Waals surface area contributed by atoms with Crippen LogP contribution in [0.2, 0.25) is 0 Å². The number of benzene rings is 3. The Hall–Kier alpha value is -2.29.